The first-order valence-corrected chi connectivity index (χ1v) is 11.5. The highest BCUT2D eigenvalue weighted by molar-refractivity contribution is 14.0. The van der Waals surface area contributed by atoms with Gasteiger partial charge in [0.2, 0.25) is 0 Å². The summed E-state index contributed by atoms with van der Waals surface area (Å²) < 4.78 is 5.66. The fraction of sp³-hybridized carbons (Fsp3) is 0.696. The van der Waals surface area contributed by atoms with Crippen LogP contribution in [0.15, 0.2) is 35.3 Å². The summed E-state index contributed by atoms with van der Waals surface area (Å²) in [6.45, 7) is 12.6. The van der Waals surface area contributed by atoms with E-state index in [1.165, 1.54) is 57.5 Å². The molecule has 0 amide bonds. The van der Waals surface area contributed by atoms with E-state index in [4.69, 9.17) is 4.74 Å². The monoisotopic (exact) mass is 529 g/mol. The standard InChI is InChI=1S/C23H39N5O.HI/c1-2-24-23(26-19-22-11-8-18-29-22)25-12-6-7-13-27-14-16-28(17-15-27)20-21-9-4-3-5-10-21;/h3-5,9-10,22H,2,6-8,11-20H2,1H3,(H2,24,25,26);1H. The van der Waals surface area contributed by atoms with Crippen molar-refractivity contribution in [2.24, 2.45) is 4.99 Å². The Morgan fingerprint density at radius 2 is 1.83 bits per heavy atom. The average Bonchev–Trinajstić information content (AvgIpc) is 3.27. The molecule has 1 unspecified atom stereocenters. The molecule has 30 heavy (non-hydrogen) atoms. The van der Waals surface area contributed by atoms with Gasteiger partial charge in [0.1, 0.15) is 0 Å². The second kappa shape index (κ2) is 15.0. The zero-order chi connectivity index (χ0) is 20.2. The SMILES string of the molecule is CCNC(=NCC1CCCO1)NCCCCN1CCN(Cc2ccccc2)CC1.I. The first kappa shape index (κ1) is 25.4. The van der Waals surface area contributed by atoms with Crippen LogP contribution in [0.5, 0.6) is 0 Å². The van der Waals surface area contributed by atoms with Crippen molar-refractivity contribution in [2.45, 2.75) is 45.3 Å². The largest absolute Gasteiger partial charge is 0.376 e. The summed E-state index contributed by atoms with van der Waals surface area (Å²) in [6, 6.07) is 10.8. The zero-order valence-corrected chi connectivity index (χ0v) is 20.9. The Hall–Kier alpha value is -0.900. The van der Waals surface area contributed by atoms with Crippen molar-refractivity contribution in [1.82, 2.24) is 20.4 Å². The summed E-state index contributed by atoms with van der Waals surface area (Å²) in [7, 11) is 0. The van der Waals surface area contributed by atoms with E-state index in [1.54, 1.807) is 0 Å². The van der Waals surface area contributed by atoms with Gasteiger partial charge in [-0.15, -0.1) is 24.0 Å². The molecule has 0 spiro atoms. The van der Waals surface area contributed by atoms with Crippen LogP contribution >= 0.6 is 24.0 Å². The van der Waals surface area contributed by atoms with Crippen LogP contribution in [0.2, 0.25) is 0 Å². The molecule has 170 valence electrons. The van der Waals surface area contributed by atoms with Gasteiger partial charge in [-0.05, 0) is 44.7 Å². The molecule has 2 aliphatic rings. The minimum atomic E-state index is 0. The molecule has 2 heterocycles. The lowest BCUT2D eigenvalue weighted by atomic mass is 10.2. The Morgan fingerprint density at radius 3 is 2.53 bits per heavy atom. The lowest BCUT2D eigenvalue weighted by molar-refractivity contribution is 0.117. The minimum Gasteiger partial charge on any atom is -0.376 e. The van der Waals surface area contributed by atoms with E-state index < -0.39 is 0 Å². The van der Waals surface area contributed by atoms with Crippen LogP contribution in [0.3, 0.4) is 0 Å². The van der Waals surface area contributed by atoms with Crippen molar-refractivity contribution in [3.8, 4) is 0 Å². The predicted molar refractivity (Wildman–Crippen MR) is 136 cm³/mol. The summed E-state index contributed by atoms with van der Waals surface area (Å²) in [4.78, 5) is 9.86. The van der Waals surface area contributed by atoms with Gasteiger partial charge in [-0.2, -0.15) is 0 Å². The van der Waals surface area contributed by atoms with Gasteiger partial charge in [0, 0.05) is 52.4 Å². The molecule has 2 N–H and O–H groups in total. The van der Waals surface area contributed by atoms with Crippen molar-refractivity contribution >= 4 is 29.9 Å². The van der Waals surface area contributed by atoms with Crippen LogP contribution in [0.4, 0.5) is 0 Å². The minimum absolute atomic E-state index is 0. The van der Waals surface area contributed by atoms with E-state index in [-0.39, 0.29) is 24.0 Å². The fourth-order valence-corrected chi connectivity index (χ4v) is 4.00. The number of unbranched alkanes of at least 4 members (excludes halogenated alkanes) is 1. The van der Waals surface area contributed by atoms with E-state index >= 15 is 0 Å². The second-order valence-electron chi connectivity index (χ2n) is 8.09. The molecular weight excluding hydrogens is 489 g/mol. The van der Waals surface area contributed by atoms with Gasteiger partial charge in [0.25, 0.3) is 0 Å². The van der Waals surface area contributed by atoms with E-state index in [0.29, 0.717) is 6.10 Å². The highest BCUT2D eigenvalue weighted by Crippen LogP contribution is 2.12. The van der Waals surface area contributed by atoms with Crippen molar-refractivity contribution in [3.05, 3.63) is 35.9 Å². The number of rotatable bonds is 10. The van der Waals surface area contributed by atoms with Crippen LogP contribution in [-0.4, -0.2) is 80.8 Å². The van der Waals surface area contributed by atoms with Crippen LogP contribution in [0.25, 0.3) is 0 Å². The van der Waals surface area contributed by atoms with Crippen molar-refractivity contribution in [2.75, 3.05) is 59.0 Å². The molecule has 2 fully saturated rings. The van der Waals surface area contributed by atoms with Gasteiger partial charge in [0.05, 0.1) is 12.6 Å². The van der Waals surface area contributed by atoms with Gasteiger partial charge < -0.3 is 20.3 Å². The number of nitrogens with zero attached hydrogens (tertiary/aromatic N) is 3. The number of benzene rings is 1. The lowest BCUT2D eigenvalue weighted by Crippen LogP contribution is -2.46. The number of aliphatic imine (C=N–C) groups is 1. The maximum atomic E-state index is 5.66. The smallest absolute Gasteiger partial charge is 0.191 e. The predicted octanol–water partition coefficient (Wildman–Crippen LogP) is 2.94. The van der Waals surface area contributed by atoms with Gasteiger partial charge in [-0.25, -0.2) is 0 Å². The molecule has 2 saturated heterocycles. The van der Waals surface area contributed by atoms with Crippen LogP contribution < -0.4 is 10.6 Å². The number of halogens is 1. The normalized spacial score (nSPS) is 20.7. The Labute approximate surface area is 199 Å². The molecule has 2 aliphatic heterocycles. The summed E-state index contributed by atoms with van der Waals surface area (Å²) in [6.07, 6.45) is 5.03. The molecule has 0 aliphatic carbocycles. The van der Waals surface area contributed by atoms with Crippen LogP contribution in [-0.2, 0) is 11.3 Å². The van der Waals surface area contributed by atoms with Gasteiger partial charge >= 0.3 is 0 Å². The van der Waals surface area contributed by atoms with Gasteiger partial charge in [0.15, 0.2) is 5.96 Å². The van der Waals surface area contributed by atoms with E-state index in [2.05, 4.69) is 62.7 Å². The van der Waals surface area contributed by atoms with E-state index in [1.807, 2.05) is 0 Å². The maximum absolute atomic E-state index is 5.66. The van der Waals surface area contributed by atoms with Crippen LogP contribution in [0, 0.1) is 0 Å². The second-order valence-corrected chi connectivity index (χ2v) is 8.09. The highest BCUT2D eigenvalue weighted by Gasteiger charge is 2.17. The van der Waals surface area contributed by atoms with Gasteiger partial charge in [-0.1, -0.05) is 30.3 Å². The number of piperazine rings is 1. The van der Waals surface area contributed by atoms with Gasteiger partial charge in [-0.3, -0.25) is 9.89 Å². The third kappa shape index (κ3) is 9.49. The Kier molecular flexibility index (Phi) is 12.7. The molecule has 6 nitrogen and oxygen atoms in total. The van der Waals surface area contributed by atoms with Crippen molar-refractivity contribution in [1.29, 1.82) is 0 Å². The Bertz CT molecular complexity index is 587. The highest BCUT2D eigenvalue weighted by atomic mass is 127. The summed E-state index contributed by atoms with van der Waals surface area (Å²) in [5.41, 5.74) is 1.42. The van der Waals surface area contributed by atoms with E-state index in [0.717, 1.165) is 45.2 Å². The fourth-order valence-electron chi connectivity index (χ4n) is 4.00. The number of hydrogen-bond donors (Lipinski definition) is 2. The number of ether oxygens (including phenoxy) is 1. The molecule has 1 atom stereocenters. The molecular formula is C23H40IN5O. The van der Waals surface area contributed by atoms with E-state index in [9.17, 15) is 0 Å². The third-order valence-electron chi connectivity index (χ3n) is 5.73. The molecule has 3 rings (SSSR count). The molecule has 0 aromatic heterocycles. The maximum Gasteiger partial charge on any atom is 0.191 e. The Balaban J connectivity index is 0.00000320. The lowest BCUT2D eigenvalue weighted by Gasteiger charge is -2.34. The van der Waals surface area contributed by atoms with Crippen molar-refractivity contribution in [3.63, 3.8) is 0 Å². The van der Waals surface area contributed by atoms with Crippen LogP contribution in [0.1, 0.15) is 38.2 Å². The summed E-state index contributed by atoms with van der Waals surface area (Å²) in [5, 5.41) is 6.81. The average molecular weight is 530 g/mol. The quantitative estimate of drug-likeness (QED) is 0.211. The number of guanidine groups is 1. The molecule has 7 heteroatoms. The first-order chi connectivity index (χ1) is 14.3. The number of nitrogens with one attached hydrogen (secondary N) is 2. The first-order valence-electron chi connectivity index (χ1n) is 11.5. The topological polar surface area (TPSA) is 52.1 Å². The molecule has 1 aromatic carbocycles. The third-order valence-corrected chi connectivity index (χ3v) is 5.73. The molecule has 0 radical (unpaired) electrons. The zero-order valence-electron chi connectivity index (χ0n) is 18.5. The molecule has 1 aromatic rings. The van der Waals surface area contributed by atoms with Crippen molar-refractivity contribution < 1.29 is 4.74 Å². The number of hydrogen-bond acceptors (Lipinski definition) is 4. The molecule has 0 bridgehead atoms. The Morgan fingerprint density at radius 1 is 1.07 bits per heavy atom. The summed E-state index contributed by atoms with van der Waals surface area (Å²) in [5.74, 6) is 0.928. The summed E-state index contributed by atoms with van der Waals surface area (Å²) >= 11 is 0. The molecule has 0 saturated carbocycles.